The van der Waals surface area contributed by atoms with Crippen molar-refractivity contribution >= 4 is 5.69 Å². The van der Waals surface area contributed by atoms with Crippen molar-refractivity contribution in [2.45, 2.75) is 6.54 Å². The third kappa shape index (κ3) is 2.13. The van der Waals surface area contributed by atoms with Crippen LogP contribution in [0.4, 0.5) is 5.69 Å². The third-order valence-corrected chi connectivity index (χ3v) is 1.88. The van der Waals surface area contributed by atoms with Crippen molar-refractivity contribution in [1.82, 2.24) is 20.2 Å². The summed E-state index contributed by atoms with van der Waals surface area (Å²) in [4.78, 5) is 9.97. The first-order chi connectivity index (χ1) is 7.25. The molecule has 0 saturated carbocycles. The van der Waals surface area contributed by atoms with Crippen molar-refractivity contribution in [3.8, 4) is 0 Å². The van der Waals surface area contributed by atoms with Crippen LogP contribution in [0.2, 0.25) is 0 Å². The Balaban J connectivity index is 2.14. The highest BCUT2D eigenvalue weighted by molar-refractivity contribution is 5.32. The van der Waals surface area contributed by atoms with E-state index in [4.69, 9.17) is 0 Å². The summed E-state index contributed by atoms with van der Waals surface area (Å²) in [6.45, 7) is 0.505. The average molecular weight is 205 g/mol. The van der Waals surface area contributed by atoms with E-state index in [1.807, 2.05) is 0 Å². The van der Waals surface area contributed by atoms with Gasteiger partial charge in [-0.3, -0.25) is 10.1 Å². The summed E-state index contributed by atoms with van der Waals surface area (Å²) in [6, 6.07) is 6.28. The molecule has 0 bridgehead atoms. The van der Waals surface area contributed by atoms with Crippen LogP contribution in [0.3, 0.4) is 0 Å². The molecule has 0 atom stereocenters. The predicted octanol–water partition coefficient (Wildman–Crippen LogP) is 0.630. The van der Waals surface area contributed by atoms with Crippen molar-refractivity contribution < 1.29 is 4.92 Å². The highest BCUT2D eigenvalue weighted by Gasteiger charge is 2.04. The maximum Gasteiger partial charge on any atom is 0.269 e. The average Bonchev–Trinajstić information content (AvgIpc) is 2.71. The number of nitrogens with zero attached hydrogens (tertiary/aromatic N) is 5. The molecule has 0 N–H and O–H groups in total. The molecule has 7 heteroatoms. The molecule has 0 aliphatic rings. The molecule has 1 heterocycles. The minimum absolute atomic E-state index is 0.0791. The van der Waals surface area contributed by atoms with Crippen molar-refractivity contribution in [2.75, 3.05) is 0 Å². The Labute approximate surface area is 84.5 Å². The zero-order chi connectivity index (χ0) is 10.7. The number of tetrazole rings is 1. The van der Waals surface area contributed by atoms with Gasteiger partial charge in [0.2, 0.25) is 0 Å². The second-order valence-electron chi connectivity index (χ2n) is 2.93. The van der Waals surface area contributed by atoms with Gasteiger partial charge in [-0.25, -0.2) is 4.68 Å². The molecule has 0 saturated heterocycles. The Morgan fingerprint density at radius 2 is 2.07 bits per heavy atom. The van der Waals surface area contributed by atoms with Crippen LogP contribution in [0, 0.1) is 10.1 Å². The molecular formula is C8H7N5O2. The molecule has 0 fully saturated rings. The molecule has 1 aromatic carbocycles. The van der Waals surface area contributed by atoms with Crippen molar-refractivity contribution in [1.29, 1.82) is 0 Å². The fourth-order valence-corrected chi connectivity index (χ4v) is 1.16. The molecule has 7 nitrogen and oxygen atoms in total. The Morgan fingerprint density at radius 1 is 1.33 bits per heavy atom. The molecule has 0 aliphatic carbocycles. The SMILES string of the molecule is O=[N+]([O-])c1ccc(Cn2cnnn2)cc1. The van der Waals surface area contributed by atoms with Crippen LogP contribution in [0.1, 0.15) is 5.56 Å². The van der Waals surface area contributed by atoms with Crippen LogP contribution in [-0.2, 0) is 6.54 Å². The van der Waals surface area contributed by atoms with Crippen molar-refractivity contribution in [2.24, 2.45) is 0 Å². The van der Waals surface area contributed by atoms with Gasteiger partial charge in [0.25, 0.3) is 5.69 Å². The van der Waals surface area contributed by atoms with Crippen LogP contribution in [0.5, 0.6) is 0 Å². The molecule has 2 aromatic rings. The summed E-state index contributed by atoms with van der Waals surface area (Å²) in [5, 5.41) is 21.1. The standard InChI is InChI=1S/C8H7N5O2/c14-13(15)8-3-1-7(2-4-8)5-12-6-9-10-11-12/h1-4,6H,5H2. The van der Waals surface area contributed by atoms with E-state index in [0.717, 1.165) is 5.56 Å². The van der Waals surface area contributed by atoms with E-state index in [0.29, 0.717) is 6.54 Å². The van der Waals surface area contributed by atoms with E-state index in [-0.39, 0.29) is 5.69 Å². The molecule has 0 spiro atoms. The maximum atomic E-state index is 10.4. The molecule has 15 heavy (non-hydrogen) atoms. The second kappa shape index (κ2) is 3.82. The van der Waals surface area contributed by atoms with Crippen molar-refractivity contribution in [3.63, 3.8) is 0 Å². The molecule has 0 aliphatic heterocycles. The fraction of sp³-hybridized carbons (Fsp3) is 0.125. The number of rotatable bonds is 3. The summed E-state index contributed by atoms with van der Waals surface area (Å²) in [5.41, 5.74) is 0.989. The van der Waals surface area contributed by atoms with Gasteiger partial charge in [0.15, 0.2) is 0 Å². The van der Waals surface area contributed by atoms with Gasteiger partial charge in [0.05, 0.1) is 11.5 Å². The quantitative estimate of drug-likeness (QED) is 0.541. The first-order valence-corrected chi connectivity index (χ1v) is 4.20. The molecule has 2 rings (SSSR count). The minimum atomic E-state index is -0.430. The summed E-state index contributed by atoms with van der Waals surface area (Å²) in [5.74, 6) is 0. The van der Waals surface area contributed by atoms with Crippen LogP contribution >= 0.6 is 0 Å². The topological polar surface area (TPSA) is 86.7 Å². The number of non-ortho nitro benzene ring substituents is 1. The van der Waals surface area contributed by atoms with E-state index in [2.05, 4.69) is 15.5 Å². The normalized spacial score (nSPS) is 10.1. The lowest BCUT2D eigenvalue weighted by Gasteiger charge is -1.98. The van der Waals surface area contributed by atoms with E-state index >= 15 is 0 Å². The largest absolute Gasteiger partial charge is 0.269 e. The maximum absolute atomic E-state index is 10.4. The Morgan fingerprint density at radius 3 is 2.60 bits per heavy atom. The highest BCUT2D eigenvalue weighted by Crippen LogP contribution is 2.12. The van der Waals surface area contributed by atoms with Gasteiger partial charge in [-0.05, 0) is 16.0 Å². The molecular weight excluding hydrogens is 198 g/mol. The predicted molar refractivity (Wildman–Crippen MR) is 50.0 cm³/mol. The second-order valence-corrected chi connectivity index (χ2v) is 2.93. The summed E-state index contributed by atoms with van der Waals surface area (Å²) >= 11 is 0. The number of aromatic nitrogens is 4. The number of hydrogen-bond acceptors (Lipinski definition) is 5. The van der Waals surface area contributed by atoms with Gasteiger partial charge in [0.1, 0.15) is 6.33 Å². The first kappa shape index (κ1) is 9.25. The first-order valence-electron chi connectivity index (χ1n) is 4.20. The minimum Gasteiger partial charge on any atom is -0.258 e. The molecule has 0 unspecified atom stereocenters. The van der Waals surface area contributed by atoms with Crippen LogP contribution in [0.15, 0.2) is 30.6 Å². The summed E-state index contributed by atoms with van der Waals surface area (Å²) in [7, 11) is 0. The van der Waals surface area contributed by atoms with Crippen molar-refractivity contribution in [3.05, 3.63) is 46.3 Å². The molecule has 0 radical (unpaired) electrons. The lowest BCUT2D eigenvalue weighted by Crippen LogP contribution is -2.00. The van der Waals surface area contributed by atoms with Gasteiger partial charge in [-0.1, -0.05) is 12.1 Å². The Kier molecular flexibility index (Phi) is 2.36. The number of benzene rings is 1. The van der Waals surface area contributed by atoms with E-state index < -0.39 is 4.92 Å². The van der Waals surface area contributed by atoms with E-state index in [1.54, 1.807) is 16.8 Å². The smallest absolute Gasteiger partial charge is 0.258 e. The lowest BCUT2D eigenvalue weighted by atomic mass is 10.2. The van der Waals surface area contributed by atoms with E-state index in [9.17, 15) is 10.1 Å². The van der Waals surface area contributed by atoms with Crippen LogP contribution in [-0.4, -0.2) is 25.1 Å². The number of hydrogen-bond donors (Lipinski definition) is 0. The summed E-state index contributed by atoms with van der Waals surface area (Å²) < 4.78 is 1.54. The van der Waals surface area contributed by atoms with Crippen LogP contribution < -0.4 is 0 Å². The zero-order valence-electron chi connectivity index (χ0n) is 7.65. The Hall–Kier alpha value is -2.31. The van der Waals surface area contributed by atoms with E-state index in [1.165, 1.54) is 18.5 Å². The monoisotopic (exact) mass is 205 g/mol. The van der Waals surface area contributed by atoms with Gasteiger partial charge < -0.3 is 0 Å². The third-order valence-electron chi connectivity index (χ3n) is 1.88. The number of nitro benzene ring substituents is 1. The van der Waals surface area contributed by atoms with Crippen LogP contribution in [0.25, 0.3) is 0 Å². The number of nitro groups is 1. The lowest BCUT2D eigenvalue weighted by molar-refractivity contribution is -0.384. The zero-order valence-corrected chi connectivity index (χ0v) is 7.65. The van der Waals surface area contributed by atoms with Gasteiger partial charge in [-0.2, -0.15) is 0 Å². The summed E-state index contributed by atoms with van der Waals surface area (Å²) in [6.07, 6.45) is 1.49. The van der Waals surface area contributed by atoms with Gasteiger partial charge >= 0.3 is 0 Å². The Bertz CT molecular complexity index is 450. The molecule has 1 aromatic heterocycles. The molecule has 76 valence electrons. The van der Waals surface area contributed by atoms with Gasteiger partial charge in [0, 0.05) is 12.1 Å². The molecule has 0 amide bonds. The van der Waals surface area contributed by atoms with Gasteiger partial charge in [-0.15, -0.1) is 5.10 Å². The highest BCUT2D eigenvalue weighted by atomic mass is 16.6. The fourth-order valence-electron chi connectivity index (χ4n) is 1.16.